The number of hydrogen-bond donors (Lipinski definition) is 1. The van der Waals surface area contributed by atoms with Crippen molar-refractivity contribution in [3.8, 4) is 0 Å². The van der Waals surface area contributed by atoms with Gasteiger partial charge in [0.2, 0.25) is 0 Å². The van der Waals surface area contributed by atoms with Gasteiger partial charge in [-0.1, -0.05) is 35.9 Å². The third-order valence-corrected chi connectivity index (χ3v) is 5.52. The van der Waals surface area contributed by atoms with E-state index in [1.165, 1.54) is 5.56 Å². The lowest BCUT2D eigenvalue weighted by atomic mass is 10.1. The minimum absolute atomic E-state index is 0.00530. The SMILES string of the molecule is Cc1ccccc1CNC(=O)N1CCN(c2ccnc3cc(Cl)ccc23)CC1. The van der Waals surface area contributed by atoms with Crippen LogP contribution in [0.5, 0.6) is 0 Å². The van der Waals surface area contributed by atoms with E-state index in [2.05, 4.69) is 28.2 Å². The molecule has 1 saturated heterocycles. The van der Waals surface area contributed by atoms with Gasteiger partial charge in [-0.2, -0.15) is 0 Å². The molecule has 0 unspecified atom stereocenters. The molecular formula is C22H23ClN4O. The zero-order chi connectivity index (χ0) is 19.5. The first-order chi connectivity index (χ1) is 13.6. The summed E-state index contributed by atoms with van der Waals surface area (Å²) in [6.07, 6.45) is 1.81. The molecule has 2 amide bonds. The molecule has 0 bridgehead atoms. The van der Waals surface area contributed by atoms with E-state index in [1.807, 2.05) is 53.6 Å². The van der Waals surface area contributed by atoms with Crippen molar-refractivity contribution in [3.63, 3.8) is 0 Å². The molecule has 0 aliphatic carbocycles. The van der Waals surface area contributed by atoms with Gasteiger partial charge in [0.05, 0.1) is 5.52 Å². The number of pyridine rings is 1. The molecule has 0 spiro atoms. The Hall–Kier alpha value is -2.79. The number of nitrogens with one attached hydrogen (secondary N) is 1. The van der Waals surface area contributed by atoms with E-state index in [0.717, 1.165) is 35.2 Å². The summed E-state index contributed by atoms with van der Waals surface area (Å²) in [6, 6.07) is 15.9. The molecule has 1 N–H and O–H groups in total. The number of urea groups is 1. The highest BCUT2D eigenvalue weighted by Crippen LogP contribution is 2.28. The molecule has 1 aliphatic heterocycles. The third kappa shape index (κ3) is 3.90. The Balaban J connectivity index is 1.38. The predicted molar refractivity (Wildman–Crippen MR) is 114 cm³/mol. The van der Waals surface area contributed by atoms with Crippen molar-refractivity contribution < 1.29 is 4.79 Å². The molecule has 2 heterocycles. The molecule has 4 rings (SSSR count). The predicted octanol–water partition coefficient (Wildman–Crippen LogP) is 4.23. The minimum atomic E-state index is -0.00530. The van der Waals surface area contributed by atoms with Gasteiger partial charge in [-0.3, -0.25) is 4.98 Å². The Morgan fingerprint density at radius 3 is 2.68 bits per heavy atom. The van der Waals surface area contributed by atoms with Gasteiger partial charge in [-0.15, -0.1) is 0 Å². The van der Waals surface area contributed by atoms with Crippen molar-refractivity contribution in [2.75, 3.05) is 31.1 Å². The van der Waals surface area contributed by atoms with Crippen molar-refractivity contribution in [2.24, 2.45) is 0 Å². The highest BCUT2D eigenvalue weighted by Gasteiger charge is 2.22. The van der Waals surface area contributed by atoms with Crippen LogP contribution in [0.15, 0.2) is 54.7 Å². The number of carbonyl (C=O) groups excluding carboxylic acids is 1. The van der Waals surface area contributed by atoms with E-state index in [9.17, 15) is 4.79 Å². The molecule has 1 aliphatic rings. The molecular weight excluding hydrogens is 372 g/mol. The summed E-state index contributed by atoms with van der Waals surface area (Å²) in [7, 11) is 0. The van der Waals surface area contributed by atoms with Crippen molar-refractivity contribution in [1.82, 2.24) is 15.2 Å². The van der Waals surface area contributed by atoms with E-state index >= 15 is 0 Å². The number of nitrogens with zero attached hydrogens (tertiary/aromatic N) is 3. The monoisotopic (exact) mass is 394 g/mol. The van der Waals surface area contributed by atoms with Gasteiger partial charge in [0.1, 0.15) is 0 Å². The van der Waals surface area contributed by atoms with Gasteiger partial charge < -0.3 is 15.1 Å². The minimum Gasteiger partial charge on any atom is -0.367 e. The smallest absolute Gasteiger partial charge is 0.317 e. The van der Waals surface area contributed by atoms with Crippen LogP contribution in [0.4, 0.5) is 10.5 Å². The fourth-order valence-corrected chi connectivity index (χ4v) is 3.79. The first-order valence-corrected chi connectivity index (χ1v) is 9.86. The highest BCUT2D eigenvalue weighted by molar-refractivity contribution is 6.31. The lowest BCUT2D eigenvalue weighted by Gasteiger charge is -2.36. The van der Waals surface area contributed by atoms with E-state index in [0.29, 0.717) is 24.7 Å². The molecule has 0 saturated carbocycles. The van der Waals surface area contributed by atoms with Crippen LogP contribution in [0.1, 0.15) is 11.1 Å². The summed E-state index contributed by atoms with van der Waals surface area (Å²) in [5.74, 6) is 0. The van der Waals surface area contributed by atoms with Crippen molar-refractivity contribution in [1.29, 1.82) is 0 Å². The summed E-state index contributed by atoms with van der Waals surface area (Å²) in [5, 5.41) is 4.82. The summed E-state index contributed by atoms with van der Waals surface area (Å²) < 4.78 is 0. The zero-order valence-electron chi connectivity index (χ0n) is 15.9. The number of fused-ring (bicyclic) bond motifs is 1. The van der Waals surface area contributed by atoms with Gasteiger partial charge in [0.15, 0.2) is 0 Å². The average molecular weight is 395 g/mol. The largest absolute Gasteiger partial charge is 0.367 e. The van der Waals surface area contributed by atoms with Crippen molar-refractivity contribution >= 4 is 34.2 Å². The highest BCUT2D eigenvalue weighted by atomic mass is 35.5. The van der Waals surface area contributed by atoms with E-state index in [-0.39, 0.29) is 6.03 Å². The van der Waals surface area contributed by atoms with E-state index < -0.39 is 0 Å². The van der Waals surface area contributed by atoms with Gasteiger partial charge in [0, 0.05) is 55.0 Å². The fourth-order valence-electron chi connectivity index (χ4n) is 3.62. The Morgan fingerprint density at radius 2 is 1.89 bits per heavy atom. The molecule has 144 valence electrons. The molecule has 3 aromatic rings. The molecule has 2 aromatic carbocycles. The quantitative estimate of drug-likeness (QED) is 0.723. The van der Waals surface area contributed by atoms with Crippen LogP contribution in [-0.4, -0.2) is 42.1 Å². The van der Waals surface area contributed by atoms with E-state index in [4.69, 9.17) is 11.6 Å². The van der Waals surface area contributed by atoms with E-state index in [1.54, 1.807) is 0 Å². The van der Waals surface area contributed by atoms with Crippen LogP contribution in [0.25, 0.3) is 10.9 Å². The standard InChI is InChI=1S/C22H23ClN4O/c1-16-4-2-3-5-17(16)15-25-22(28)27-12-10-26(11-13-27)21-8-9-24-20-14-18(23)6-7-19(20)21/h2-9,14H,10-13,15H2,1H3,(H,25,28). The van der Waals surface area contributed by atoms with Gasteiger partial charge in [-0.05, 0) is 42.3 Å². The number of amides is 2. The summed E-state index contributed by atoms with van der Waals surface area (Å²) in [5.41, 5.74) is 4.37. The number of benzene rings is 2. The van der Waals surface area contributed by atoms with Gasteiger partial charge in [0.25, 0.3) is 0 Å². The van der Waals surface area contributed by atoms with Gasteiger partial charge >= 0.3 is 6.03 Å². The Morgan fingerprint density at radius 1 is 1.11 bits per heavy atom. The maximum absolute atomic E-state index is 12.5. The number of carbonyl (C=O) groups is 1. The summed E-state index contributed by atoms with van der Waals surface area (Å²) >= 11 is 6.09. The van der Waals surface area contributed by atoms with Crippen LogP contribution in [0, 0.1) is 6.92 Å². The van der Waals surface area contributed by atoms with Crippen molar-refractivity contribution in [2.45, 2.75) is 13.5 Å². The molecule has 28 heavy (non-hydrogen) atoms. The molecule has 6 heteroatoms. The Kier molecular flexibility index (Phi) is 5.35. The Labute approximate surface area is 169 Å². The number of rotatable bonds is 3. The zero-order valence-corrected chi connectivity index (χ0v) is 16.6. The number of halogens is 1. The van der Waals surface area contributed by atoms with Crippen LogP contribution in [-0.2, 0) is 6.54 Å². The molecule has 0 atom stereocenters. The lowest BCUT2D eigenvalue weighted by molar-refractivity contribution is 0.194. The number of aryl methyl sites for hydroxylation is 1. The maximum atomic E-state index is 12.5. The van der Waals surface area contributed by atoms with Crippen molar-refractivity contribution in [3.05, 3.63) is 70.9 Å². The lowest BCUT2D eigenvalue weighted by Crippen LogP contribution is -2.51. The van der Waals surface area contributed by atoms with Crippen LogP contribution in [0.3, 0.4) is 0 Å². The fraction of sp³-hybridized carbons (Fsp3) is 0.273. The van der Waals surface area contributed by atoms with Crippen LogP contribution < -0.4 is 10.2 Å². The number of piperazine rings is 1. The molecule has 1 fully saturated rings. The summed E-state index contributed by atoms with van der Waals surface area (Å²) in [6.45, 7) is 5.58. The summed E-state index contributed by atoms with van der Waals surface area (Å²) in [4.78, 5) is 21.2. The topological polar surface area (TPSA) is 48.5 Å². The molecule has 5 nitrogen and oxygen atoms in total. The molecule has 0 radical (unpaired) electrons. The maximum Gasteiger partial charge on any atom is 0.317 e. The number of aromatic nitrogens is 1. The number of anilines is 1. The average Bonchev–Trinajstić information content (AvgIpc) is 2.72. The normalized spacial score (nSPS) is 14.4. The second kappa shape index (κ2) is 8.07. The van der Waals surface area contributed by atoms with Gasteiger partial charge in [-0.25, -0.2) is 4.79 Å². The molecule has 1 aromatic heterocycles. The second-order valence-electron chi connectivity index (χ2n) is 7.05. The van der Waals surface area contributed by atoms with Crippen LogP contribution in [0.2, 0.25) is 5.02 Å². The second-order valence-corrected chi connectivity index (χ2v) is 7.49. The first kappa shape index (κ1) is 18.6. The van der Waals surface area contributed by atoms with Crippen LogP contribution >= 0.6 is 11.6 Å². The third-order valence-electron chi connectivity index (χ3n) is 5.28. The first-order valence-electron chi connectivity index (χ1n) is 9.48. The number of hydrogen-bond acceptors (Lipinski definition) is 3. The Bertz CT molecular complexity index is 999.